The van der Waals surface area contributed by atoms with E-state index in [4.69, 9.17) is 10.5 Å². The van der Waals surface area contributed by atoms with Gasteiger partial charge in [-0.2, -0.15) is 0 Å². The van der Waals surface area contributed by atoms with Crippen molar-refractivity contribution in [3.05, 3.63) is 23.8 Å². The van der Waals surface area contributed by atoms with Gasteiger partial charge in [0.25, 0.3) is 5.91 Å². The van der Waals surface area contributed by atoms with E-state index < -0.39 is 6.10 Å². The van der Waals surface area contributed by atoms with E-state index in [0.29, 0.717) is 17.0 Å². The van der Waals surface area contributed by atoms with Crippen LogP contribution in [0.5, 0.6) is 5.75 Å². The first-order chi connectivity index (χ1) is 9.54. The van der Waals surface area contributed by atoms with Crippen LogP contribution in [0.15, 0.2) is 18.2 Å². The first kappa shape index (κ1) is 14.7. The van der Waals surface area contributed by atoms with Crippen molar-refractivity contribution in [3.63, 3.8) is 0 Å². The predicted octanol–water partition coefficient (Wildman–Crippen LogP) is 1.65. The van der Waals surface area contributed by atoms with Gasteiger partial charge in [0.05, 0.1) is 24.9 Å². The number of likely N-dealkylation sites (N-methyl/N-ethyl adjacent to an activating group) is 1. The number of ether oxygens (including phenoxy) is 1. The summed E-state index contributed by atoms with van der Waals surface area (Å²) in [6, 6.07) is 4.89. The summed E-state index contributed by atoms with van der Waals surface area (Å²) in [4.78, 5) is 14.1. The highest BCUT2D eigenvalue weighted by Crippen LogP contribution is 2.26. The highest BCUT2D eigenvalue weighted by molar-refractivity contribution is 5.95. The molecule has 0 radical (unpaired) electrons. The number of hydrogen-bond acceptors (Lipinski definition) is 4. The monoisotopic (exact) mass is 278 g/mol. The summed E-state index contributed by atoms with van der Waals surface area (Å²) in [5, 5.41) is 10.0. The van der Waals surface area contributed by atoms with Gasteiger partial charge in [-0.25, -0.2) is 0 Å². The van der Waals surface area contributed by atoms with Gasteiger partial charge < -0.3 is 20.5 Å². The summed E-state index contributed by atoms with van der Waals surface area (Å²) >= 11 is 0. The van der Waals surface area contributed by atoms with Gasteiger partial charge in [0, 0.05) is 12.6 Å². The Labute approximate surface area is 119 Å². The molecule has 1 aliphatic carbocycles. The van der Waals surface area contributed by atoms with E-state index in [9.17, 15) is 9.90 Å². The molecular weight excluding hydrogens is 256 g/mol. The number of hydrogen-bond donors (Lipinski definition) is 2. The number of carbonyl (C=O) groups excluding carboxylic acids is 1. The molecule has 0 aromatic heterocycles. The molecule has 0 aliphatic heterocycles. The van der Waals surface area contributed by atoms with Crippen molar-refractivity contribution in [1.29, 1.82) is 0 Å². The van der Waals surface area contributed by atoms with Gasteiger partial charge >= 0.3 is 0 Å². The lowest BCUT2D eigenvalue weighted by Gasteiger charge is -2.35. The van der Waals surface area contributed by atoms with E-state index in [1.54, 1.807) is 30.1 Å². The average Bonchev–Trinajstić information content (AvgIpc) is 2.46. The lowest BCUT2D eigenvalue weighted by Crippen LogP contribution is -2.46. The molecule has 1 aromatic carbocycles. The summed E-state index contributed by atoms with van der Waals surface area (Å²) in [7, 11) is 3.28. The molecule has 0 spiro atoms. The minimum atomic E-state index is -0.437. The highest BCUT2D eigenvalue weighted by Gasteiger charge is 2.29. The summed E-state index contributed by atoms with van der Waals surface area (Å²) in [5.41, 5.74) is 6.79. The van der Waals surface area contributed by atoms with Crippen LogP contribution in [0.1, 0.15) is 36.0 Å². The Morgan fingerprint density at radius 1 is 1.40 bits per heavy atom. The van der Waals surface area contributed by atoms with Crippen molar-refractivity contribution < 1.29 is 14.6 Å². The van der Waals surface area contributed by atoms with Crippen molar-refractivity contribution in [2.45, 2.75) is 37.8 Å². The maximum absolute atomic E-state index is 12.5. The summed E-state index contributed by atoms with van der Waals surface area (Å²) < 4.78 is 5.08. The fourth-order valence-corrected chi connectivity index (χ4v) is 2.77. The minimum absolute atomic E-state index is 0.112. The van der Waals surface area contributed by atoms with Crippen LogP contribution >= 0.6 is 0 Å². The van der Waals surface area contributed by atoms with Crippen LogP contribution in [0, 0.1) is 0 Å². The number of benzene rings is 1. The molecule has 1 aromatic rings. The molecule has 110 valence electrons. The van der Waals surface area contributed by atoms with Crippen molar-refractivity contribution in [1.82, 2.24) is 4.90 Å². The predicted molar refractivity (Wildman–Crippen MR) is 77.8 cm³/mol. The molecule has 0 bridgehead atoms. The quantitative estimate of drug-likeness (QED) is 0.824. The molecule has 2 atom stereocenters. The van der Waals surface area contributed by atoms with Gasteiger partial charge in [-0.15, -0.1) is 0 Å². The maximum Gasteiger partial charge on any atom is 0.254 e. The van der Waals surface area contributed by atoms with Gasteiger partial charge in [0.2, 0.25) is 0 Å². The lowest BCUT2D eigenvalue weighted by atomic mass is 9.91. The van der Waals surface area contributed by atoms with Crippen LogP contribution in [-0.4, -0.2) is 42.2 Å². The molecule has 20 heavy (non-hydrogen) atoms. The molecule has 5 heteroatoms. The SMILES string of the molecule is COc1ccc(C(=O)N(C)C2CCCCC2O)cc1N. The number of nitrogens with two attached hydrogens (primary N) is 1. The summed E-state index contributed by atoms with van der Waals surface area (Å²) in [6.45, 7) is 0. The van der Waals surface area contributed by atoms with Gasteiger partial charge in [-0.3, -0.25) is 4.79 Å². The first-order valence-electron chi connectivity index (χ1n) is 6.93. The number of anilines is 1. The zero-order chi connectivity index (χ0) is 14.7. The zero-order valence-electron chi connectivity index (χ0n) is 12.0. The fraction of sp³-hybridized carbons (Fsp3) is 0.533. The number of carbonyl (C=O) groups is 1. The average molecular weight is 278 g/mol. The molecular formula is C15H22N2O3. The number of nitrogens with zero attached hydrogens (tertiary/aromatic N) is 1. The number of amides is 1. The smallest absolute Gasteiger partial charge is 0.254 e. The standard InChI is InChI=1S/C15H22N2O3/c1-17(12-5-3-4-6-13(12)18)15(19)10-7-8-14(20-2)11(16)9-10/h7-9,12-13,18H,3-6,16H2,1-2H3. The Morgan fingerprint density at radius 2 is 2.10 bits per heavy atom. The second-order valence-corrected chi connectivity index (χ2v) is 5.29. The molecule has 1 fully saturated rings. The molecule has 1 aliphatic rings. The molecule has 0 heterocycles. The summed E-state index contributed by atoms with van der Waals surface area (Å²) in [6.07, 6.45) is 3.23. The largest absolute Gasteiger partial charge is 0.495 e. The van der Waals surface area contributed by atoms with Crippen molar-refractivity contribution >= 4 is 11.6 Å². The van der Waals surface area contributed by atoms with E-state index in [-0.39, 0.29) is 11.9 Å². The number of rotatable bonds is 3. The van der Waals surface area contributed by atoms with Gasteiger partial charge in [0.1, 0.15) is 5.75 Å². The minimum Gasteiger partial charge on any atom is -0.495 e. The Hall–Kier alpha value is -1.75. The third-order valence-electron chi connectivity index (χ3n) is 3.99. The van der Waals surface area contributed by atoms with Gasteiger partial charge in [-0.1, -0.05) is 12.8 Å². The molecule has 0 saturated heterocycles. The molecule has 1 saturated carbocycles. The van der Waals surface area contributed by atoms with E-state index >= 15 is 0 Å². The Kier molecular flexibility index (Phi) is 4.49. The second kappa shape index (κ2) is 6.13. The topological polar surface area (TPSA) is 75.8 Å². The lowest BCUT2D eigenvalue weighted by molar-refractivity contribution is 0.0268. The van der Waals surface area contributed by atoms with Crippen LogP contribution < -0.4 is 10.5 Å². The van der Waals surface area contributed by atoms with Crippen LogP contribution in [0.25, 0.3) is 0 Å². The Balaban J connectivity index is 2.15. The second-order valence-electron chi connectivity index (χ2n) is 5.29. The highest BCUT2D eigenvalue weighted by atomic mass is 16.5. The van der Waals surface area contributed by atoms with Crippen molar-refractivity contribution in [2.75, 3.05) is 19.9 Å². The molecule has 5 nitrogen and oxygen atoms in total. The fourth-order valence-electron chi connectivity index (χ4n) is 2.77. The number of aliphatic hydroxyl groups excluding tert-OH is 1. The Morgan fingerprint density at radius 3 is 2.70 bits per heavy atom. The molecule has 1 amide bonds. The van der Waals surface area contributed by atoms with Crippen LogP contribution in [0.2, 0.25) is 0 Å². The van der Waals surface area contributed by atoms with E-state index in [2.05, 4.69) is 0 Å². The Bertz CT molecular complexity index is 490. The van der Waals surface area contributed by atoms with Crippen LogP contribution in [-0.2, 0) is 0 Å². The molecule has 3 N–H and O–H groups in total. The maximum atomic E-state index is 12.5. The van der Waals surface area contributed by atoms with Crippen molar-refractivity contribution in [2.24, 2.45) is 0 Å². The van der Waals surface area contributed by atoms with E-state index in [0.717, 1.165) is 25.7 Å². The van der Waals surface area contributed by atoms with Crippen LogP contribution in [0.3, 0.4) is 0 Å². The third kappa shape index (κ3) is 2.88. The summed E-state index contributed by atoms with van der Waals surface area (Å²) in [5.74, 6) is 0.437. The first-order valence-corrected chi connectivity index (χ1v) is 6.93. The third-order valence-corrected chi connectivity index (χ3v) is 3.99. The van der Waals surface area contributed by atoms with E-state index in [1.807, 2.05) is 0 Å². The van der Waals surface area contributed by atoms with Crippen LogP contribution in [0.4, 0.5) is 5.69 Å². The van der Waals surface area contributed by atoms with E-state index in [1.165, 1.54) is 7.11 Å². The number of methoxy groups -OCH3 is 1. The zero-order valence-corrected chi connectivity index (χ0v) is 12.0. The van der Waals surface area contributed by atoms with Crippen molar-refractivity contribution in [3.8, 4) is 5.75 Å². The van der Waals surface area contributed by atoms with Gasteiger partial charge in [0.15, 0.2) is 0 Å². The van der Waals surface area contributed by atoms with Gasteiger partial charge in [-0.05, 0) is 31.0 Å². The molecule has 2 unspecified atom stereocenters. The number of aliphatic hydroxyl groups is 1. The molecule has 2 rings (SSSR count). The number of nitrogen functional groups attached to an aromatic ring is 1. The normalized spacial score (nSPS) is 22.4.